The van der Waals surface area contributed by atoms with Gasteiger partial charge in [-0.2, -0.15) is 17.0 Å². The molecule has 0 aromatic heterocycles. The summed E-state index contributed by atoms with van der Waals surface area (Å²) < 4.78 is 29.0. The van der Waals surface area contributed by atoms with Crippen LogP contribution in [0.1, 0.15) is 57.8 Å². The fraction of sp³-hybridized carbons (Fsp3) is 1.00. The van der Waals surface area contributed by atoms with E-state index in [9.17, 15) is 8.42 Å². The van der Waals surface area contributed by atoms with Crippen LogP contribution in [-0.4, -0.2) is 49.2 Å². The normalized spacial score (nSPS) is 27.6. The maximum absolute atomic E-state index is 12.9. The Morgan fingerprint density at radius 3 is 2.25 bits per heavy atom. The summed E-state index contributed by atoms with van der Waals surface area (Å²) in [6.45, 7) is 1.05. The molecule has 0 aromatic carbocycles. The topological polar surface area (TPSA) is 66.6 Å². The molecule has 2 aliphatic rings. The third kappa shape index (κ3) is 3.53. The van der Waals surface area contributed by atoms with Crippen LogP contribution in [0.4, 0.5) is 0 Å². The first-order chi connectivity index (χ1) is 9.57. The SMILES string of the molecule is CN(C1CCCCCC1)S(=O)(=O)N1CCCCC1CN. The van der Waals surface area contributed by atoms with Gasteiger partial charge in [-0.15, -0.1) is 0 Å². The summed E-state index contributed by atoms with van der Waals surface area (Å²) in [4.78, 5) is 0. The van der Waals surface area contributed by atoms with Crippen molar-refractivity contribution in [3.8, 4) is 0 Å². The largest absolute Gasteiger partial charge is 0.329 e. The van der Waals surface area contributed by atoms with E-state index in [4.69, 9.17) is 5.73 Å². The summed E-state index contributed by atoms with van der Waals surface area (Å²) in [6.07, 6.45) is 9.69. The lowest BCUT2D eigenvalue weighted by Gasteiger charge is -2.38. The predicted octanol–water partition coefficient (Wildman–Crippen LogP) is 1.70. The van der Waals surface area contributed by atoms with Crippen molar-refractivity contribution in [3.63, 3.8) is 0 Å². The highest BCUT2D eigenvalue weighted by Gasteiger charge is 2.37. The van der Waals surface area contributed by atoms with Crippen molar-refractivity contribution in [2.45, 2.75) is 69.9 Å². The predicted molar refractivity (Wildman–Crippen MR) is 81.6 cm³/mol. The summed E-state index contributed by atoms with van der Waals surface area (Å²) in [6, 6.07) is 0.157. The maximum atomic E-state index is 12.9. The maximum Gasteiger partial charge on any atom is 0.282 e. The van der Waals surface area contributed by atoms with Crippen LogP contribution in [0.5, 0.6) is 0 Å². The van der Waals surface area contributed by atoms with Gasteiger partial charge in [-0.1, -0.05) is 32.1 Å². The summed E-state index contributed by atoms with van der Waals surface area (Å²) >= 11 is 0. The molecule has 1 atom stereocenters. The second-order valence-corrected chi connectivity index (χ2v) is 8.11. The molecule has 0 spiro atoms. The Labute approximate surface area is 123 Å². The molecular weight excluding hydrogens is 274 g/mol. The van der Waals surface area contributed by atoms with Crippen LogP contribution in [0.3, 0.4) is 0 Å². The number of hydrogen-bond donors (Lipinski definition) is 1. The van der Waals surface area contributed by atoms with E-state index in [-0.39, 0.29) is 12.1 Å². The number of piperidine rings is 1. The molecule has 0 amide bonds. The van der Waals surface area contributed by atoms with E-state index in [0.717, 1.165) is 44.9 Å². The number of nitrogens with zero attached hydrogens (tertiary/aromatic N) is 2. The van der Waals surface area contributed by atoms with Crippen LogP contribution in [-0.2, 0) is 10.2 Å². The van der Waals surface area contributed by atoms with Gasteiger partial charge in [-0.05, 0) is 25.7 Å². The van der Waals surface area contributed by atoms with Gasteiger partial charge >= 0.3 is 0 Å². The van der Waals surface area contributed by atoms with Gasteiger partial charge < -0.3 is 5.73 Å². The second kappa shape index (κ2) is 7.20. The standard InChI is InChI=1S/C14H29N3O2S/c1-16(13-8-4-2-3-5-9-13)20(18,19)17-11-7-6-10-14(17)12-15/h13-14H,2-12,15H2,1H3. The van der Waals surface area contributed by atoms with Gasteiger partial charge in [0.15, 0.2) is 0 Å². The lowest BCUT2D eigenvalue weighted by atomic mass is 10.1. The third-order valence-corrected chi connectivity index (χ3v) is 6.94. The number of hydrogen-bond acceptors (Lipinski definition) is 3. The summed E-state index contributed by atoms with van der Waals surface area (Å²) in [5.74, 6) is 0. The van der Waals surface area contributed by atoms with E-state index < -0.39 is 10.2 Å². The molecule has 0 radical (unpaired) electrons. The number of rotatable bonds is 4. The van der Waals surface area contributed by atoms with Gasteiger partial charge in [-0.25, -0.2) is 0 Å². The Hall–Kier alpha value is -0.170. The van der Waals surface area contributed by atoms with Gasteiger partial charge in [0, 0.05) is 32.2 Å². The van der Waals surface area contributed by atoms with Crippen LogP contribution in [0, 0.1) is 0 Å². The first-order valence-corrected chi connectivity index (χ1v) is 9.42. The monoisotopic (exact) mass is 303 g/mol. The molecule has 1 heterocycles. The van der Waals surface area contributed by atoms with Crippen molar-refractivity contribution >= 4 is 10.2 Å². The van der Waals surface area contributed by atoms with E-state index in [1.807, 2.05) is 0 Å². The van der Waals surface area contributed by atoms with E-state index >= 15 is 0 Å². The van der Waals surface area contributed by atoms with Crippen LogP contribution < -0.4 is 5.73 Å². The molecule has 0 aromatic rings. The minimum absolute atomic E-state index is 0.0121. The Morgan fingerprint density at radius 2 is 1.65 bits per heavy atom. The van der Waals surface area contributed by atoms with Crippen molar-refractivity contribution in [2.24, 2.45) is 5.73 Å². The molecule has 118 valence electrons. The Kier molecular flexibility index (Phi) is 5.84. The van der Waals surface area contributed by atoms with Gasteiger partial charge in [0.2, 0.25) is 0 Å². The lowest BCUT2D eigenvalue weighted by molar-refractivity contribution is 0.225. The Bertz CT molecular complexity index is 391. The van der Waals surface area contributed by atoms with Crippen LogP contribution in [0.25, 0.3) is 0 Å². The molecule has 1 saturated heterocycles. The minimum Gasteiger partial charge on any atom is -0.329 e. The molecule has 1 aliphatic heterocycles. The van der Waals surface area contributed by atoms with Crippen LogP contribution in [0.15, 0.2) is 0 Å². The van der Waals surface area contributed by atoms with Gasteiger partial charge in [0.05, 0.1) is 0 Å². The van der Waals surface area contributed by atoms with E-state index in [1.165, 1.54) is 12.8 Å². The molecule has 1 aliphatic carbocycles. The Balaban J connectivity index is 2.10. The highest BCUT2D eigenvalue weighted by molar-refractivity contribution is 7.86. The third-order valence-electron chi connectivity index (χ3n) is 4.84. The van der Waals surface area contributed by atoms with E-state index in [0.29, 0.717) is 13.1 Å². The quantitative estimate of drug-likeness (QED) is 0.804. The van der Waals surface area contributed by atoms with Crippen molar-refractivity contribution in [1.29, 1.82) is 0 Å². The molecule has 2 N–H and O–H groups in total. The summed E-state index contributed by atoms with van der Waals surface area (Å²) in [5.41, 5.74) is 5.77. The van der Waals surface area contributed by atoms with Crippen LogP contribution >= 0.6 is 0 Å². The van der Waals surface area contributed by atoms with Crippen molar-refractivity contribution in [1.82, 2.24) is 8.61 Å². The van der Waals surface area contributed by atoms with Crippen LogP contribution in [0.2, 0.25) is 0 Å². The molecule has 6 heteroatoms. The van der Waals surface area contributed by atoms with Crippen molar-refractivity contribution < 1.29 is 8.42 Å². The van der Waals surface area contributed by atoms with Gasteiger partial charge in [-0.3, -0.25) is 0 Å². The van der Waals surface area contributed by atoms with Gasteiger partial charge in [0.1, 0.15) is 0 Å². The summed E-state index contributed by atoms with van der Waals surface area (Å²) in [7, 11) is -1.60. The molecular formula is C14H29N3O2S. The zero-order valence-electron chi connectivity index (χ0n) is 12.6. The van der Waals surface area contributed by atoms with E-state index in [2.05, 4.69) is 0 Å². The molecule has 2 rings (SSSR count). The first-order valence-electron chi connectivity index (χ1n) is 8.02. The molecule has 0 bridgehead atoms. The second-order valence-electron chi connectivity index (χ2n) is 6.17. The van der Waals surface area contributed by atoms with Crippen molar-refractivity contribution in [2.75, 3.05) is 20.1 Å². The van der Waals surface area contributed by atoms with Crippen molar-refractivity contribution in [3.05, 3.63) is 0 Å². The minimum atomic E-state index is -3.35. The molecule has 1 unspecified atom stereocenters. The molecule has 2 fully saturated rings. The Morgan fingerprint density at radius 1 is 1.05 bits per heavy atom. The fourth-order valence-corrected chi connectivity index (χ4v) is 5.34. The highest BCUT2D eigenvalue weighted by atomic mass is 32.2. The molecule has 1 saturated carbocycles. The highest BCUT2D eigenvalue weighted by Crippen LogP contribution is 2.27. The molecule has 5 nitrogen and oxygen atoms in total. The summed E-state index contributed by atoms with van der Waals surface area (Å²) in [5, 5.41) is 0. The zero-order chi connectivity index (χ0) is 14.6. The smallest absolute Gasteiger partial charge is 0.282 e. The average molecular weight is 303 g/mol. The fourth-order valence-electron chi connectivity index (χ4n) is 3.49. The average Bonchev–Trinajstić information content (AvgIpc) is 2.75. The van der Waals surface area contributed by atoms with Gasteiger partial charge in [0.25, 0.3) is 10.2 Å². The first kappa shape index (κ1) is 16.2. The number of nitrogens with two attached hydrogens (primary N) is 1. The lowest BCUT2D eigenvalue weighted by Crippen LogP contribution is -2.54. The van der Waals surface area contributed by atoms with E-state index in [1.54, 1.807) is 15.7 Å². The molecule has 20 heavy (non-hydrogen) atoms. The zero-order valence-corrected chi connectivity index (χ0v) is 13.4.